The zero-order valence-corrected chi connectivity index (χ0v) is 22.5. The highest BCUT2D eigenvalue weighted by molar-refractivity contribution is 8.00. The molecule has 208 valence electrons. The summed E-state index contributed by atoms with van der Waals surface area (Å²) >= 11 is 2.82. The van der Waals surface area contributed by atoms with Gasteiger partial charge < -0.3 is 35.4 Å². The van der Waals surface area contributed by atoms with E-state index in [1.165, 1.54) is 25.6 Å². The van der Waals surface area contributed by atoms with Crippen LogP contribution in [0, 0.1) is 0 Å². The number of hydrogen-bond acceptors (Lipinski definition) is 13. The summed E-state index contributed by atoms with van der Waals surface area (Å²) in [5, 5.41) is 33.2. The fraction of sp³-hybridized carbons (Fsp3) is 0.304. The maximum Gasteiger partial charge on any atom is 0.350 e. The molecule has 5 rings (SSSR count). The highest BCUT2D eigenvalue weighted by Crippen LogP contribution is 2.40. The number of β-lactam (4-membered cyclic amide) rings is 1. The molecule has 40 heavy (non-hydrogen) atoms. The number of carbonyl (C=O) groups excluding carboxylic acids is 3. The molecule has 1 unspecified atom stereocenters. The minimum absolute atomic E-state index is 0.227. The summed E-state index contributed by atoms with van der Waals surface area (Å²) in [6, 6.07) is 2.37. The fourth-order valence-corrected chi connectivity index (χ4v) is 6.14. The van der Waals surface area contributed by atoms with E-state index in [-0.39, 0.29) is 18.0 Å². The molecule has 2 atom stereocenters. The van der Waals surface area contributed by atoms with Gasteiger partial charge in [-0.25, -0.2) is 4.79 Å². The smallest absolute Gasteiger partial charge is 0.350 e. The Bertz CT molecular complexity index is 1610. The maximum atomic E-state index is 13.1. The topological polar surface area (TPSA) is 217 Å². The lowest BCUT2D eigenvalue weighted by Crippen LogP contribution is -2.71. The number of nitrogen functional groups attached to an aromatic ring is 1. The predicted molar refractivity (Wildman–Crippen MR) is 137 cm³/mol. The summed E-state index contributed by atoms with van der Waals surface area (Å²) < 4.78 is 7.53. The van der Waals surface area contributed by atoms with Gasteiger partial charge in [0.15, 0.2) is 18.9 Å². The first-order valence-corrected chi connectivity index (χ1v) is 13.5. The Kier molecular flexibility index (Phi) is 6.92. The average molecular weight is 588 g/mol. The third-order valence-corrected chi connectivity index (χ3v) is 8.31. The van der Waals surface area contributed by atoms with E-state index in [0.717, 1.165) is 15.0 Å². The van der Waals surface area contributed by atoms with Crippen LogP contribution in [0.2, 0.25) is 0 Å². The van der Waals surface area contributed by atoms with Gasteiger partial charge in [0.25, 0.3) is 11.8 Å². The second kappa shape index (κ2) is 10.2. The van der Waals surface area contributed by atoms with Gasteiger partial charge in [0, 0.05) is 22.8 Å². The van der Waals surface area contributed by atoms with E-state index < -0.39 is 58.3 Å². The van der Waals surface area contributed by atoms with Crippen LogP contribution in [0.4, 0.5) is 6.01 Å². The van der Waals surface area contributed by atoms with Crippen LogP contribution < -0.4 is 20.7 Å². The van der Waals surface area contributed by atoms with Crippen LogP contribution >= 0.6 is 23.1 Å². The molecule has 0 aromatic carbocycles. The number of thioether (sulfide) groups is 1. The molecule has 0 spiro atoms. The number of aromatic nitrogens is 3. The molecule has 0 saturated carbocycles. The van der Waals surface area contributed by atoms with Crippen molar-refractivity contribution in [3.8, 4) is 0 Å². The SMILES string of the molecule is CC(C)(ON=C(C(=O)NC1C(=O)N2C(C(=O)[O-])=C(C[n+]3ccc4ccsc4c3)CS[C@H]12)c1noc(N)n1)C(=O)O. The van der Waals surface area contributed by atoms with Crippen LogP contribution in [-0.2, 0) is 30.6 Å². The van der Waals surface area contributed by atoms with Crippen molar-refractivity contribution in [3.63, 3.8) is 0 Å². The van der Waals surface area contributed by atoms with Gasteiger partial charge >= 0.3 is 12.0 Å². The summed E-state index contributed by atoms with van der Waals surface area (Å²) in [5.74, 6) is -4.70. The van der Waals surface area contributed by atoms with Gasteiger partial charge in [0.05, 0.1) is 16.4 Å². The number of nitrogens with zero attached hydrogens (tertiary/aromatic N) is 5. The first-order valence-electron chi connectivity index (χ1n) is 11.6. The molecule has 0 radical (unpaired) electrons. The summed E-state index contributed by atoms with van der Waals surface area (Å²) in [7, 11) is 0. The van der Waals surface area contributed by atoms with Crippen LogP contribution in [0.15, 0.2) is 50.9 Å². The Morgan fingerprint density at radius 1 is 1.40 bits per heavy atom. The average Bonchev–Trinajstić information content (AvgIpc) is 3.55. The highest BCUT2D eigenvalue weighted by Gasteiger charge is 2.53. The number of nitrogens with two attached hydrogens (primary N) is 1. The number of amides is 2. The monoisotopic (exact) mass is 587 g/mol. The van der Waals surface area contributed by atoms with E-state index in [0.29, 0.717) is 5.57 Å². The van der Waals surface area contributed by atoms with Gasteiger partial charge in [-0.1, -0.05) is 10.3 Å². The van der Waals surface area contributed by atoms with Crippen molar-refractivity contribution in [2.45, 2.75) is 37.4 Å². The molecule has 2 aliphatic rings. The molecule has 2 amide bonds. The maximum absolute atomic E-state index is 13.1. The largest absolute Gasteiger partial charge is 0.543 e. The van der Waals surface area contributed by atoms with E-state index >= 15 is 0 Å². The van der Waals surface area contributed by atoms with Gasteiger partial charge in [0.2, 0.25) is 17.1 Å². The van der Waals surface area contributed by atoms with E-state index in [4.69, 9.17) is 10.6 Å². The van der Waals surface area contributed by atoms with Crippen molar-refractivity contribution in [1.29, 1.82) is 0 Å². The quantitative estimate of drug-likeness (QED) is 0.117. The minimum atomic E-state index is -1.82. The molecule has 5 heterocycles. The molecule has 1 saturated heterocycles. The zero-order chi connectivity index (χ0) is 28.8. The molecule has 0 aliphatic carbocycles. The van der Waals surface area contributed by atoms with E-state index in [1.54, 1.807) is 11.3 Å². The second-order valence-electron chi connectivity index (χ2n) is 9.26. The lowest BCUT2D eigenvalue weighted by Gasteiger charge is -2.50. The number of aliphatic carboxylic acids is 2. The number of nitrogens with one attached hydrogen (secondary N) is 1. The van der Waals surface area contributed by atoms with Gasteiger partial charge in [-0.15, -0.1) is 23.1 Å². The van der Waals surface area contributed by atoms with Crippen LogP contribution in [0.5, 0.6) is 0 Å². The number of hydrogen-bond donors (Lipinski definition) is 3. The number of thiophene rings is 1. The molecule has 3 aromatic heterocycles. The molecule has 3 aromatic rings. The summed E-state index contributed by atoms with van der Waals surface area (Å²) in [6.45, 7) is 2.63. The first-order chi connectivity index (χ1) is 19.0. The van der Waals surface area contributed by atoms with Gasteiger partial charge in [-0.3, -0.25) is 14.5 Å². The van der Waals surface area contributed by atoms with Crippen LogP contribution in [-0.4, -0.2) is 72.4 Å². The number of carboxylic acids is 2. The number of rotatable bonds is 9. The van der Waals surface area contributed by atoms with Crippen molar-refractivity contribution in [2.24, 2.45) is 5.16 Å². The number of pyridine rings is 1. The summed E-state index contributed by atoms with van der Waals surface area (Å²) in [4.78, 5) is 59.5. The number of anilines is 1. The van der Waals surface area contributed by atoms with Crippen LogP contribution in [0.1, 0.15) is 19.7 Å². The minimum Gasteiger partial charge on any atom is -0.543 e. The Morgan fingerprint density at radius 2 is 2.17 bits per heavy atom. The third kappa shape index (κ3) is 4.95. The Morgan fingerprint density at radius 3 is 2.85 bits per heavy atom. The standard InChI is InChI=1S/C23H21N7O8S2/c1-23(2,21(35)36)38-27-13(16-26-22(24)37-28-16)17(31)25-14-18(32)30-15(20(33)34)11(9-40-19(14)30)7-29-5-3-10-4-6-39-12(10)8-29/h3-6,8,14,19H,7,9H2,1-2H3,(H4-,24,25,26,28,31,33,34,35,36)/t14?,19-/m1/s1. The van der Waals surface area contributed by atoms with E-state index in [1.807, 2.05) is 34.5 Å². The van der Waals surface area contributed by atoms with Crippen LogP contribution in [0.3, 0.4) is 0 Å². The van der Waals surface area contributed by atoms with E-state index in [2.05, 4.69) is 25.1 Å². The molecule has 15 nitrogen and oxygen atoms in total. The van der Waals surface area contributed by atoms with Crippen LogP contribution in [0.25, 0.3) is 10.1 Å². The molecule has 1 fully saturated rings. The molecular weight excluding hydrogens is 566 g/mol. The number of carboxylic acid groups (broad SMARTS) is 2. The van der Waals surface area contributed by atoms with Crippen molar-refractivity contribution in [3.05, 3.63) is 47.0 Å². The number of fused-ring (bicyclic) bond motifs is 2. The molecular formula is C23H21N7O8S2. The molecule has 4 N–H and O–H groups in total. The fourth-order valence-electron chi connectivity index (χ4n) is 3.98. The number of oxime groups is 1. The first kappa shape index (κ1) is 27.1. The predicted octanol–water partition coefficient (Wildman–Crippen LogP) is -1.16. The Balaban J connectivity index is 1.36. The van der Waals surface area contributed by atoms with Crippen molar-refractivity contribution >= 4 is 68.7 Å². The zero-order valence-electron chi connectivity index (χ0n) is 20.9. The normalized spacial score (nSPS) is 19.3. The molecule has 2 aliphatic heterocycles. The Labute approximate surface area is 233 Å². The van der Waals surface area contributed by atoms with Gasteiger partial charge in [0.1, 0.15) is 11.4 Å². The van der Waals surface area contributed by atoms with Gasteiger partial charge in [-0.05, 0) is 25.3 Å². The second-order valence-corrected chi connectivity index (χ2v) is 11.3. The summed E-state index contributed by atoms with van der Waals surface area (Å²) in [6.07, 6.45) is 3.73. The van der Waals surface area contributed by atoms with Crippen molar-refractivity contribution < 1.29 is 43.3 Å². The lowest BCUT2D eigenvalue weighted by atomic mass is 10.0. The van der Waals surface area contributed by atoms with Crippen molar-refractivity contribution in [2.75, 3.05) is 11.5 Å². The number of carbonyl (C=O) groups is 4. The molecule has 0 bridgehead atoms. The van der Waals surface area contributed by atoms with Crippen molar-refractivity contribution in [1.82, 2.24) is 20.4 Å². The lowest BCUT2D eigenvalue weighted by molar-refractivity contribution is -0.687. The third-order valence-electron chi connectivity index (χ3n) is 6.11. The van der Waals surface area contributed by atoms with Gasteiger partial charge in [-0.2, -0.15) is 9.55 Å². The van der Waals surface area contributed by atoms with E-state index in [9.17, 15) is 29.4 Å². The highest BCUT2D eigenvalue weighted by atomic mass is 32.2. The summed E-state index contributed by atoms with van der Waals surface area (Å²) in [5.41, 5.74) is 3.25. The Hall–Kier alpha value is -4.51. The molecule has 17 heteroatoms.